The van der Waals surface area contributed by atoms with Gasteiger partial charge in [-0.3, -0.25) is 0 Å². The monoisotopic (exact) mass is 164 g/mol. The first-order valence-corrected chi connectivity index (χ1v) is 3.48. The molecule has 4 nitrogen and oxygen atoms in total. The van der Waals surface area contributed by atoms with Crippen LogP contribution in [0.4, 0.5) is 0 Å². The lowest BCUT2D eigenvalue weighted by Crippen LogP contribution is -2.38. The van der Waals surface area contributed by atoms with E-state index in [9.17, 15) is 5.11 Å². The van der Waals surface area contributed by atoms with Gasteiger partial charge in [-0.15, -0.1) is 0 Å². The van der Waals surface area contributed by atoms with Gasteiger partial charge in [0, 0.05) is 0 Å². The van der Waals surface area contributed by atoms with Crippen molar-refractivity contribution in [3.63, 3.8) is 0 Å². The van der Waals surface area contributed by atoms with Crippen molar-refractivity contribution in [3.8, 4) is 0 Å². The van der Waals surface area contributed by atoms with Crippen LogP contribution in [0.1, 0.15) is 27.2 Å². The third kappa shape index (κ3) is 5.15. The van der Waals surface area contributed by atoms with E-state index in [2.05, 4.69) is 0 Å². The second-order valence-corrected chi connectivity index (χ2v) is 3.86. The van der Waals surface area contributed by atoms with Crippen molar-refractivity contribution in [1.29, 1.82) is 0 Å². The molecule has 0 heterocycles. The summed E-state index contributed by atoms with van der Waals surface area (Å²) in [5.41, 5.74) is -0.459. The quantitative estimate of drug-likeness (QED) is 0.411. The second-order valence-electron chi connectivity index (χ2n) is 3.86. The van der Waals surface area contributed by atoms with E-state index < -0.39 is 23.9 Å². The first kappa shape index (κ1) is 10.8. The van der Waals surface area contributed by atoms with Crippen LogP contribution >= 0.6 is 0 Å². The van der Waals surface area contributed by atoms with Crippen molar-refractivity contribution in [3.05, 3.63) is 0 Å². The largest absolute Gasteiger partial charge is 0.392 e. The molecule has 0 aliphatic carbocycles. The van der Waals surface area contributed by atoms with Crippen LogP contribution in [0.3, 0.4) is 0 Å². The minimum absolute atomic E-state index is 0.459. The van der Waals surface area contributed by atoms with E-state index in [1.54, 1.807) is 20.8 Å². The van der Waals surface area contributed by atoms with E-state index in [0.29, 0.717) is 0 Å². The van der Waals surface area contributed by atoms with Gasteiger partial charge in [-0.1, -0.05) is 20.8 Å². The predicted octanol–water partition coefficient (Wildman–Crippen LogP) is -0.586. The van der Waals surface area contributed by atoms with Gasteiger partial charge in [-0.2, -0.15) is 0 Å². The second kappa shape index (κ2) is 3.06. The third-order valence-corrected chi connectivity index (χ3v) is 1.47. The van der Waals surface area contributed by atoms with Gasteiger partial charge < -0.3 is 20.4 Å². The van der Waals surface area contributed by atoms with Crippen molar-refractivity contribution in [2.75, 3.05) is 0 Å². The molecule has 0 aliphatic heterocycles. The maximum Gasteiger partial charge on any atom is 0.277 e. The zero-order chi connectivity index (χ0) is 9.28. The summed E-state index contributed by atoms with van der Waals surface area (Å²) in [6, 6.07) is 0. The van der Waals surface area contributed by atoms with Gasteiger partial charge in [0.1, 0.15) is 0 Å². The Morgan fingerprint density at radius 3 is 1.55 bits per heavy atom. The van der Waals surface area contributed by atoms with Gasteiger partial charge in [-0.05, 0) is 5.41 Å². The van der Waals surface area contributed by atoms with Gasteiger partial charge in [-0.25, -0.2) is 0 Å². The first-order valence-electron chi connectivity index (χ1n) is 3.48. The molecule has 0 rings (SSSR count). The Balaban J connectivity index is 3.99. The number of hydrogen-bond donors (Lipinski definition) is 4. The van der Waals surface area contributed by atoms with E-state index in [-0.39, 0.29) is 0 Å². The molecule has 0 fully saturated rings. The molecule has 0 spiro atoms. The summed E-state index contributed by atoms with van der Waals surface area (Å²) in [5, 5.41) is 34.7. The van der Waals surface area contributed by atoms with Crippen molar-refractivity contribution < 1.29 is 20.4 Å². The molecule has 68 valence electrons. The highest BCUT2D eigenvalue weighted by Crippen LogP contribution is 2.24. The summed E-state index contributed by atoms with van der Waals surface area (Å²) in [4.78, 5) is 0. The van der Waals surface area contributed by atoms with Crippen LogP contribution in [-0.2, 0) is 0 Å². The highest BCUT2D eigenvalue weighted by Gasteiger charge is 2.30. The van der Waals surface area contributed by atoms with Gasteiger partial charge in [0.15, 0.2) is 0 Å². The van der Waals surface area contributed by atoms with Gasteiger partial charge in [0.2, 0.25) is 0 Å². The Bertz CT molecular complexity index is 119. The topological polar surface area (TPSA) is 80.9 Å². The summed E-state index contributed by atoms with van der Waals surface area (Å²) in [7, 11) is 0. The summed E-state index contributed by atoms with van der Waals surface area (Å²) < 4.78 is 0. The summed E-state index contributed by atoms with van der Waals surface area (Å²) in [5.74, 6) is -2.77. The normalized spacial score (nSPS) is 16.6. The summed E-state index contributed by atoms with van der Waals surface area (Å²) in [6.07, 6.45) is -1.40. The molecule has 0 aromatic rings. The molecule has 0 saturated carbocycles. The van der Waals surface area contributed by atoms with E-state index in [4.69, 9.17) is 15.3 Å². The highest BCUT2D eigenvalue weighted by molar-refractivity contribution is 4.74. The molecule has 0 amide bonds. The van der Waals surface area contributed by atoms with Crippen LogP contribution in [0.15, 0.2) is 0 Å². The highest BCUT2D eigenvalue weighted by atomic mass is 16.7. The van der Waals surface area contributed by atoms with Crippen LogP contribution in [0, 0.1) is 5.41 Å². The fraction of sp³-hybridized carbons (Fsp3) is 1.00. The zero-order valence-electron chi connectivity index (χ0n) is 7.07. The van der Waals surface area contributed by atoms with Crippen molar-refractivity contribution in [2.24, 2.45) is 5.41 Å². The molecule has 0 bridgehead atoms. The SMILES string of the molecule is CC(C)(C)C(O)CC(O)(O)O. The molecular formula is C7H16O4. The Hall–Kier alpha value is -0.160. The molecule has 4 N–H and O–H groups in total. The van der Waals surface area contributed by atoms with E-state index in [1.165, 1.54) is 0 Å². The molecule has 4 heteroatoms. The van der Waals surface area contributed by atoms with Crippen LogP contribution in [-0.4, -0.2) is 32.5 Å². The van der Waals surface area contributed by atoms with Crippen molar-refractivity contribution in [1.82, 2.24) is 0 Å². The lowest BCUT2D eigenvalue weighted by Gasteiger charge is -2.28. The Kier molecular flexibility index (Phi) is 3.02. The molecule has 0 saturated heterocycles. The molecule has 0 radical (unpaired) electrons. The number of rotatable bonds is 2. The first-order chi connectivity index (χ1) is 4.63. The lowest BCUT2D eigenvalue weighted by atomic mass is 9.87. The van der Waals surface area contributed by atoms with E-state index in [0.717, 1.165) is 0 Å². The average Bonchev–Trinajstić information content (AvgIpc) is 1.56. The summed E-state index contributed by atoms with van der Waals surface area (Å²) in [6.45, 7) is 5.22. The lowest BCUT2D eigenvalue weighted by molar-refractivity contribution is -0.326. The molecule has 0 aromatic carbocycles. The van der Waals surface area contributed by atoms with Crippen molar-refractivity contribution in [2.45, 2.75) is 39.3 Å². The van der Waals surface area contributed by atoms with Crippen LogP contribution in [0.25, 0.3) is 0 Å². The Labute approximate surface area is 66.1 Å². The maximum absolute atomic E-state index is 9.24. The number of aliphatic hydroxyl groups is 4. The molecule has 0 aliphatic rings. The Morgan fingerprint density at radius 1 is 1.09 bits per heavy atom. The van der Waals surface area contributed by atoms with Gasteiger partial charge >= 0.3 is 0 Å². The third-order valence-electron chi connectivity index (χ3n) is 1.47. The minimum atomic E-state index is -2.77. The fourth-order valence-corrected chi connectivity index (χ4v) is 0.566. The zero-order valence-corrected chi connectivity index (χ0v) is 7.07. The standard InChI is InChI=1S/C7H16O4/c1-6(2,3)5(8)4-7(9,10)11/h5,8-11H,4H2,1-3H3. The molecule has 0 aromatic heterocycles. The van der Waals surface area contributed by atoms with Gasteiger partial charge in [0.05, 0.1) is 12.5 Å². The predicted molar refractivity (Wildman–Crippen MR) is 39.5 cm³/mol. The fourth-order valence-electron chi connectivity index (χ4n) is 0.566. The average molecular weight is 164 g/mol. The van der Waals surface area contributed by atoms with Crippen molar-refractivity contribution >= 4 is 0 Å². The van der Waals surface area contributed by atoms with Crippen LogP contribution in [0.5, 0.6) is 0 Å². The molecular weight excluding hydrogens is 148 g/mol. The van der Waals surface area contributed by atoms with E-state index in [1.807, 2.05) is 0 Å². The maximum atomic E-state index is 9.24. The number of aliphatic hydroxyl groups excluding tert-OH is 1. The van der Waals surface area contributed by atoms with Crippen LogP contribution in [0.2, 0.25) is 0 Å². The van der Waals surface area contributed by atoms with E-state index >= 15 is 0 Å². The van der Waals surface area contributed by atoms with Gasteiger partial charge in [0.25, 0.3) is 5.97 Å². The molecule has 11 heavy (non-hydrogen) atoms. The summed E-state index contributed by atoms with van der Waals surface area (Å²) >= 11 is 0. The minimum Gasteiger partial charge on any atom is -0.392 e. The smallest absolute Gasteiger partial charge is 0.277 e. The van der Waals surface area contributed by atoms with Crippen LogP contribution < -0.4 is 0 Å². The molecule has 1 unspecified atom stereocenters. The molecule has 1 atom stereocenters. The number of hydrogen-bond acceptors (Lipinski definition) is 4. The Morgan fingerprint density at radius 2 is 1.45 bits per heavy atom.